The van der Waals surface area contributed by atoms with E-state index in [4.69, 9.17) is 19.9 Å². The van der Waals surface area contributed by atoms with E-state index in [0.717, 1.165) is 89.2 Å². The monoisotopic (exact) mass is 955 g/mol. The predicted molar refractivity (Wildman–Crippen MR) is 294 cm³/mol. The van der Waals surface area contributed by atoms with E-state index < -0.39 is 0 Å². The lowest BCUT2D eigenvalue weighted by Crippen LogP contribution is -2.03. The Kier molecular flexibility index (Phi) is 11.6. The molecule has 0 spiro atoms. The zero-order valence-electron chi connectivity index (χ0n) is 39.9. The van der Waals surface area contributed by atoms with Crippen molar-refractivity contribution in [3.05, 3.63) is 247 Å². The second-order valence-electron chi connectivity index (χ2n) is 18.0. The molecule has 9 aromatic carbocycles. The van der Waals surface area contributed by atoms with Gasteiger partial charge in [-0.05, 0) is 101 Å². The summed E-state index contributed by atoms with van der Waals surface area (Å²) in [5.41, 5.74) is 15.1. The molecule has 0 aliphatic heterocycles. The topological polar surface area (TPSA) is 152 Å². The number of rotatable bonds is 9. The quantitative estimate of drug-likeness (QED) is 0.139. The number of fused-ring (bicyclic) bond motifs is 3. The van der Waals surface area contributed by atoms with E-state index in [-0.39, 0.29) is 0 Å². The Balaban J connectivity index is 1.19. The van der Waals surface area contributed by atoms with E-state index in [1.54, 1.807) is 36.4 Å². The first-order valence-electron chi connectivity index (χ1n) is 24.1. The van der Waals surface area contributed by atoms with Crippen LogP contribution in [0.15, 0.2) is 224 Å². The van der Waals surface area contributed by atoms with Gasteiger partial charge >= 0.3 is 0 Å². The third-order valence-electron chi connectivity index (χ3n) is 13.3. The fraction of sp³-hybridized carbons (Fsp3) is 0. The van der Waals surface area contributed by atoms with Gasteiger partial charge in [0.15, 0.2) is 11.6 Å². The zero-order chi connectivity index (χ0) is 50.8. The lowest BCUT2D eigenvalue weighted by molar-refractivity contribution is 1.13. The lowest BCUT2D eigenvalue weighted by Gasteiger charge is -2.17. The summed E-state index contributed by atoms with van der Waals surface area (Å²) >= 11 is 0. The largest absolute Gasteiger partial charge is 0.308 e. The summed E-state index contributed by atoms with van der Waals surface area (Å²) in [6.07, 6.45) is 0. The third-order valence-corrected chi connectivity index (χ3v) is 13.3. The predicted octanol–water partition coefficient (Wildman–Crippen LogP) is 15.2. The molecule has 0 saturated carbocycles. The maximum Gasteiger partial charge on any atom is 0.162 e. The van der Waals surface area contributed by atoms with Crippen molar-refractivity contribution in [2.75, 3.05) is 0 Å². The van der Waals surface area contributed by atoms with Crippen molar-refractivity contribution in [2.45, 2.75) is 0 Å². The van der Waals surface area contributed by atoms with Crippen molar-refractivity contribution in [1.82, 2.24) is 24.5 Å². The minimum atomic E-state index is 0.377. The molecule has 0 aliphatic rings. The fourth-order valence-corrected chi connectivity index (χ4v) is 9.70. The molecule has 12 aromatic rings. The smallest absolute Gasteiger partial charge is 0.162 e. The molecule has 0 N–H and O–H groups in total. The van der Waals surface area contributed by atoms with Crippen LogP contribution in [0.25, 0.3) is 118 Å². The van der Waals surface area contributed by atoms with E-state index in [1.165, 1.54) is 0 Å². The van der Waals surface area contributed by atoms with Gasteiger partial charge in [-0.1, -0.05) is 146 Å². The molecule has 0 bridgehead atoms. The van der Waals surface area contributed by atoms with Gasteiger partial charge in [0.05, 0.1) is 86.0 Å². The molecule has 9 heteroatoms. The SMILES string of the molecule is N#Cc1cc(C#N)cc(-c2ccc3c4ccc(-c5cc(C#N)cc(C#N)c5)cc4n(-c4ccc(-c5nc(-c6ccccc6)cc(-c6ccccc6)n5)cc4-c4nc(-c5ccccc5)cc(-c5ccccc5)n4)c3c2)c1. The molecule has 75 heavy (non-hydrogen) atoms. The van der Waals surface area contributed by atoms with Gasteiger partial charge in [-0.25, -0.2) is 19.9 Å². The average Bonchev–Trinajstić information content (AvgIpc) is 3.82. The van der Waals surface area contributed by atoms with Crippen LogP contribution in [-0.2, 0) is 0 Å². The minimum Gasteiger partial charge on any atom is -0.308 e. The van der Waals surface area contributed by atoms with Crippen LogP contribution < -0.4 is 0 Å². The Morgan fingerprint density at radius 3 is 0.987 bits per heavy atom. The lowest BCUT2D eigenvalue weighted by atomic mass is 9.98. The van der Waals surface area contributed by atoms with Crippen LogP contribution in [0.2, 0.25) is 0 Å². The van der Waals surface area contributed by atoms with Crippen LogP contribution >= 0.6 is 0 Å². The number of hydrogen-bond donors (Lipinski definition) is 0. The molecule has 0 saturated heterocycles. The summed E-state index contributed by atoms with van der Waals surface area (Å²) in [6.45, 7) is 0. The zero-order valence-corrected chi connectivity index (χ0v) is 39.9. The van der Waals surface area contributed by atoms with Gasteiger partial charge in [-0.15, -0.1) is 0 Å². The Morgan fingerprint density at radius 1 is 0.280 bits per heavy atom. The highest BCUT2D eigenvalue weighted by Crippen LogP contribution is 2.42. The first-order valence-corrected chi connectivity index (χ1v) is 24.1. The van der Waals surface area contributed by atoms with E-state index in [9.17, 15) is 21.0 Å². The maximum atomic E-state index is 10.0. The Hall–Kier alpha value is -11.1. The fourth-order valence-electron chi connectivity index (χ4n) is 9.70. The van der Waals surface area contributed by atoms with Crippen molar-refractivity contribution >= 4 is 21.8 Å². The van der Waals surface area contributed by atoms with Gasteiger partial charge in [0, 0.05) is 44.2 Å². The molecule has 0 atom stereocenters. The molecule has 9 nitrogen and oxygen atoms in total. The van der Waals surface area contributed by atoms with Crippen LogP contribution in [0, 0.1) is 45.3 Å². The Morgan fingerprint density at radius 2 is 0.627 bits per heavy atom. The van der Waals surface area contributed by atoms with Gasteiger partial charge in [-0.2, -0.15) is 21.0 Å². The summed E-state index contributed by atoms with van der Waals surface area (Å²) < 4.78 is 2.20. The van der Waals surface area contributed by atoms with E-state index in [2.05, 4.69) is 65.2 Å². The number of nitrogens with zero attached hydrogens (tertiary/aromatic N) is 9. The minimum absolute atomic E-state index is 0.377. The molecular weight excluding hydrogens is 919 g/mol. The van der Waals surface area contributed by atoms with Gasteiger partial charge < -0.3 is 4.57 Å². The number of nitriles is 4. The summed E-state index contributed by atoms with van der Waals surface area (Å²) in [6, 6.07) is 82.1. The highest BCUT2D eigenvalue weighted by molar-refractivity contribution is 6.12. The Bertz CT molecular complexity index is 4070. The van der Waals surface area contributed by atoms with Crippen LogP contribution in [0.3, 0.4) is 0 Å². The molecule has 346 valence electrons. The van der Waals surface area contributed by atoms with Crippen LogP contribution in [0.5, 0.6) is 0 Å². The van der Waals surface area contributed by atoms with Gasteiger partial charge in [0.2, 0.25) is 0 Å². The second kappa shape index (κ2) is 19.2. The molecule has 0 aliphatic carbocycles. The van der Waals surface area contributed by atoms with Gasteiger partial charge in [0.1, 0.15) is 0 Å². The highest BCUT2D eigenvalue weighted by Gasteiger charge is 2.23. The van der Waals surface area contributed by atoms with Gasteiger partial charge in [-0.3, -0.25) is 0 Å². The van der Waals surface area contributed by atoms with Crippen LogP contribution in [0.4, 0.5) is 0 Å². The molecule has 0 unspecified atom stereocenters. The average molecular weight is 956 g/mol. The van der Waals surface area contributed by atoms with E-state index in [0.29, 0.717) is 50.6 Å². The standard InChI is InChI=1S/C66H37N9/c67-38-42-27-43(39-68)30-53(29-42)50-21-24-55-56-25-22-51(54-31-44(40-69)28-45(32-54)41-70)35-64(56)75(63(55)34-50)62-26-23-52(65-71-58(46-13-5-1-6-14-46)36-59(72-65)47-15-7-2-8-16-47)33-57(62)66-73-60(48-17-9-3-10-18-48)37-61(74-66)49-19-11-4-12-20-49/h1-37H. The van der Waals surface area contributed by atoms with Crippen LogP contribution in [0.1, 0.15) is 22.3 Å². The number of hydrogen-bond acceptors (Lipinski definition) is 8. The first kappa shape index (κ1) is 45.1. The van der Waals surface area contributed by atoms with Crippen molar-refractivity contribution < 1.29 is 0 Å². The van der Waals surface area contributed by atoms with Crippen molar-refractivity contribution in [3.8, 4) is 120 Å². The normalized spacial score (nSPS) is 10.9. The van der Waals surface area contributed by atoms with Crippen molar-refractivity contribution in [3.63, 3.8) is 0 Å². The van der Waals surface area contributed by atoms with Crippen molar-refractivity contribution in [1.29, 1.82) is 21.0 Å². The summed E-state index contributed by atoms with van der Waals surface area (Å²) in [5.74, 6) is 0.964. The molecule has 0 amide bonds. The molecule has 12 rings (SSSR count). The molecule has 3 aromatic heterocycles. The van der Waals surface area contributed by atoms with E-state index in [1.807, 2.05) is 152 Å². The summed E-state index contributed by atoms with van der Waals surface area (Å²) in [5, 5.41) is 42.0. The van der Waals surface area contributed by atoms with E-state index >= 15 is 0 Å². The summed E-state index contributed by atoms with van der Waals surface area (Å²) in [7, 11) is 0. The highest BCUT2D eigenvalue weighted by atomic mass is 15.0. The molecule has 3 heterocycles. The number of aromatic nitrogens is 5. The third kappa shape index (κ3) is 8.68. The van der Waals surface area contributed by atoms with Gasteiger partial charge in [0.25, 0.3) is 0 Å². The van der Waals surface area contributed by atoms with Crippen LogP contribution in [-0.4, -0.2) is 24.5 Å². The maximum absolute atomic E-state index is 10.0. The number of benzene rings is 9. The summed E-state index contributed by atoms with van der Waals surface area (Å²) in [4.78, 5) is 21.3. The second-order valence-corrected chi connectivity index (χ2v) is 18.0. The first-order chi connectivity index (χ1) is 36.9. The molecule has 0 fully saturated rings. The Labute approximate surface area is 432 Å². The van der Waals surface area contributed by atoms with Crippen molar-refractivity contribution in [2.24, 2.45) is 0 Å². The molecule has 0 radical (unpaired) electrons. The molecular formula is C66H37N9.